The van der Waals surface area contributed by atoms with Crippen LogP contribution < -0.4 is 21.7 Å². The topological polar surface area (TPSA) is 201 Å². The lowest BCUT2D eigenvalue weighted by Crippen LogP contribution is -2.54. The quantitative estimate of drug-likeness (QED) is 0.134. The molecule has 0 bridgehead atoms. The summed E-state index contributed by atoms with van der Waals surface area (Å²) in [5, 5.41) is 7.36. The van der Waals surface area contributed by atoms with E-state index >= 15 is 0 Å². The highest BCUT2D eigenvalue weighted by Gasteiger charge is 2.39. The van der Waals surface area contributed by atoms with E-state index < -0.39 is 41.9 Å². The first-order valence-corrected chi connectivity index (χ1v) is 19.2. The molecule has 2 saturated heterocycles. The second-order valence-electron chi connectivity index (χ2n) is 13.6. The SMILES string of the molecule is C#CCC(C(=O)NC(C)C=O)N(C)C(=O)C1CCCN1C(=O)CCOC(=O)C1CC(C)CN1C.CC.Cc1ccccc1.NC(=O)CNC(=O)Nc1ccccc1. The third-order valence-electron chi connectivity index (χ3n) is 8.85. The molecule has 0 saturated carbocycles. The van der Waals surface area contributed by atoms with Gasteiger partial charge in [0.25, 0.3) is 0 Å². The Morgan fingerprint density at radius 2 is 1.65 bits per heavy atom. The van der Waals surface area contributed by atoms with Crippen LogP contribution in [0, 0.1) is 25.2 Å². The molecular formula is C42H61N7O8. The van der Waals surface area contributed by atoms with Gasteiger partial charge in [0, 0.05) is 32.2 Å². The molecule has 57 heavy (non-hydrogen) atoms. The largest absolute Gasteiger partial charge is 0.464 e. The number of likely N-dealkylation sites (tertiary alicyclic amines) is 2. The molecule has 2 aromatic rings. The van der Waals surface area contributed by atoms with Gasteiger partial charge in [-0.15, -0.1) is 12.3 Å². The fourth-order valence-corrected chi connectivity index (χ4v) is 5.99. The number of nitrogens with one attached hydrogen (secondary N) is 3. The fraction of sp³-hybridized carbons (Fsp3) is 0.500. The van der Waals surface area contributed by atoms with Gasteiger partial charge in [-0.2, -0.15) is 0 Å². The van der Waals surface area contributed by atoms with Crippen molar-refractivity contribution in [3.63, 3.8) is 0 Å². The Hall–Kier alpha value is -5.75. The van der Waals surface area contributed by atoms with Gasteiger partial charge in [-0.05, 0) is 58.2 Å². The van der Waals surface area contributed by atoms with Crippen molar-refractivity contribution >= 4 is 47.6 Å². The molecule has 5 atom stereocenters. The Labute approximate surface area is 337 Å². The summed E-state index contributed by atoms with van der Waals surface area (Å²) >= 11 is 0. The molecule has 4 rings (SSSR count). The van der Waals surface area contributed by atoms with Gasteiger partial charge in [0.05, 0.1) is 19.0 Å². The number of carbonyl (C=O) groups excluding carboxylic acids is 7. The van der Waals surface area contributed by atoms with Crippen LogP contribution in [0.4, 0.5) is 10.5 Å². The maximum Gasteiger partial charge on any atom is 0.323 e. The number of primary amides is 1. The van der Waals surface area contributed by atoms with Gasteiger partial charge in [0.1, 0.15) is 31.0 Å². The van der Waals surface area contributed by atoms with Crippen molar-refractivity contribution in [1.82, 2.24) is 25.3 Å². The van der Waals surface area contributed by atoms with Crippen LogP contribution in [0.3, 0.4) is 0 Å². The highest BCUT2D eigenvalue weighted by Crippen LogP contribution is 2.23. The predicted octanol–water partition coefficient (Wildman–Crippen LogP) is 3.12. The van der Waals surface area contributed by atoms with Gasteiger partial charge in [0.15, 0.2) is 0 Å². The predicted molar refractivity (Wildman–Crippen MR) is 219 cm³/mol. The van der Waals surface area contributed by atoms with E-state index in [0.717, 1.165) is 13.0 Å². The number of aldehydes is 1. The van der Waals surface area contributed by atoms with Crippen LogP contribution in [0.25, 0.3) is 0 Å². The van der Waals surface area contributed by atoms with Gasteiger partial charge in [-0.3, -0.25) is 28.9 Å². The molecule has 15 heteroatoms. The zero-order chi connectivity index (χ0) is 42.9. The number of para-hydroxylation sites is 1. The standard InChI is InChI=1S/C24H36N4O6.C9H11N3O2.C7H8.C2H6/c1-6-8-18(22(31)25-17(3)15-29)27(5)23(32)19-9-7-11-28(19)21(30)10-12-34-24(33)20-13-16(2)14-26(20)4;10-8(13)6-11-9(14)12-7-4-2-1-3-5-7;1-7-5-3-2-4-6-7;1-2/h1,15-20H,7-14H2,2-5H3,(H,25,31);1-5H,6H2,(H2,10,13)(H2,11,12,14);2-6H,1H3;1-2H3. The number of hydrogen-bond acceptors (Lipinski definition) is 9. The zero-order valence-corrected chi connectivity index (χ0v) is 34.4. The van der Waals surface area contributed by atoms with Crippen molar-refractivity contribution < 1.29 is 38.3 Å². The summed E-state index contributed by atoms with van der Waals surface area (Å²) in [6.07, 6.45) is 7.78. The van der Waals surface area contributed by atoms with E-state index in [1.54, 1.807) is 24.3 Å². The van der Waals surface area contributed by atoms with E-state index in [2.05, 4.69) is 47.9 Å². The first-order chi connectivity index (χ1) is 27.2. The van der Waals surface area contributed by atoms with Gasteiger partial charge in [-0.25, -0.2) is 4.79 Å². The molecule has 2 fully saturated rings. The van der Waals surface area contributed by atoms with Crippen molar-refractivity contribution in [2.24, 2.45) is 11.7 Å². The number of anilines is 1. The number of esters is 1. The van der Waals surface area contributed by atoms with Crippen molar-refractivity contribution in [2.45, 2.75) is 90.9 Å². The maximum atomic E-state index is 13.2. The third kappa shape index (κ3) is 18.2. The lowest BCUT2D eigenvalue weighted by Gasteiger charge is -2.32. The molecule has 5 N–H and O–H groups in total. The minimum Gasteiger partial charge on any atom is -0.464 e. The van der Waals surface area contributed by atoms with Crippen LogP contribution >= 0.6 is 0 Å². The molecular weight excluding hydrogens is 731 g/mol. The molecule has 0 aliphatic carbocycles. The van der Waals surface area contributed by atoms with Crippen LogP contribution in [0.15, 0.2) is 60.7 Å². The number of urea groups is 1. The molecule has 2 heterocycles. The summed E-state index contributed by atoms with van der Waals surface area (Å²) < 4.78 is 5.34. The fourth-order valence-electron chi connectivity index (χ4n) is 5.99. The highest BCUT2D eigenvalue weighted by atomic mass is 16.5. The van der Waals surface area contributed by atoms with E-state index in [0.29, 0.717) is 37.3 Å². The number of ether oxygens (including phenoxy) is 1. The molecule has 0 spiro atoms. The molecule has 15 nitrogen and oxygen atoms in total. The first-order valence-electron chi connectivity index (χ1n) is 19.2. The van der Waals surface area contributed by atoms with E-state index in [4.69, 9.17) is 16.9 Å². The minimum absolute atomic E-state index is 0.0175. The number of aryl methyl sites for hydroxylation is 1. The molecule has 2 aliphatic rings. The third-order valence-corrected chi connectivity index (χ3v) is 8.85. The number of amides is 6. The number of nitrogens with zero attached hydrogens (tertiary/aromatic N) is 3. The van der Waals surface area contributed by atoms with Crippen molar-refractivity contribution in [2.75, 3.05) is 45.7 Å². The summed E-state index contributed by atoms with van der Waals surface area (Å²) in [6, 6.07) is 16.0. The first kappa shape index (κ1) is 49.3. The number of likely N-dealkylation sites (N-methyl/N-ethyl adjacent to an activating group) is 2. The van der Waals surface area contributed by atoms with Gasteiger partial charge in [-0.1, -0.05) is 74.9 Å². The van der Waals surface area contributed by atoms with Gasteiger partial charge in [0.2, 0.25) is 23.6 Å². The maximum absolute atomic E-state index is 13.2. The molecule has 5 unspecified atom stereocenters. The number of nitrogens with two attached hydrogens (primary N) is 1. The van der Waals surface area contributed by atoms with E-state index in [1.807, 2.05) is 50.1 Å². The zero-order valence-electron chi connectivity index (χ0n) is 34.4. The van der Waals surface area contributed by atoms with Crippen LogP contribution in [0.2, 0.25) is 0 Å². The second-order valence-corrected chi connectivity index (χ2v) is 13.6. The molecule has 312 valence electrons. The Balaban J connectivity index is 0.000000572. The monoisotopic (exact) mass is 791 g/mol. The van der Waals surface area contributed by atoms with Gasteiger partial charge >= 0.3 is 12.0 Å². The van der Waals surface area contributed by atoms with Crippen LogP contribution in [-0.4, -0.2) is 121 Å². The molecule has 0 aromatic heterocycles. The second kappa shape index (κ2) is 27.0. The average molecular weight is 792 g/mol. The summed E-state index contributed by atoms with van der Waals surface area (Å²) in [5.74, 6) is 0.705. The smallest absolute Gasteiger partial charge is 0.323 e. The Morgan fingerprint density at radius 3 is 2.16 bits per heavy atom. The lowest BCUT2D eigenvalue weighted by molar-refractivity contribution is -0.151. The molecule has 0 radical (unpaired) electrons. The summed E-state index contributed by atoms with van der Waals surface area (Å²) in [7, 11) is 3.35. The van der Waals surface area contributed by atoms with Crippen LogP contribution in [-0.2, 0) is 33.5 Å². The van der Waals surface area contributed by atoms with E-state index in [1.165, 1.54) is 29.3 Å². The Morgan fingerprint density at radius 1 is 1.04 bits per heavy atom. The van der Waals surface area contributed by atoms with E-state index in [-0.39, 0.29) is 43.9 Å². The normalized spacial score (nSPS) is 17.8. The molecule has 6 amide bonds. The Bertz CT molecular complexity index is 1620. The highest BCUT2D eigenvalue weighted by molar-refractivity contribution is 5.93. The van der Waals surface area contributed by atoms with Crippen molar-refractivity contribution in [1.29, 1.82) is 0 Å². The van der Waals surface area contributed by atoms with Crippen LogP contribution in [0.5, 0.6) is 0 Å². The average Bonchev–Trinajstić information content (AvgIpc) is 3.83. The number of benzene rings is 2. The van der Waals surface area contributed by atoms with Crippen LogP contribution in [0.1, 0.15) is 65.4 Å². The minimum atomic E-state index is -0.954. The Kier molecular flexibility index (Phi) is 23.3. The van der Waals surface area contributed by atoms with E-state index in [9.17, 15) is 33.6 Å². The number of rotatable bonds is 13. The van der Waals surface area contributed by atoms with Crippen molar-refractivity contribution in [3.05, 3.63) is 66.2 Å². The molecule has 2 aliphatic heterocycles. The van der Waals surface area contributed by atoms with Gasteiger partial charge < -0.3 is 41.0 Å². The number of carbonyl (C=O) groups is 7. The van der Waals surface area contributed by atoms with Crippen molar-refractivity contribution in [3.8, 4) is 12.3 Å². The number of terminal acetylenes is 1. The summed E-state index contributed by atoms with van der Waals surface area (Å²) in [6.45, 7) is 10.7. The number of hydrogen-bond donors (Lipinski definition) is 4. The lowest BCUT2D eigenvalue weighted by atomic mass is 10.1. The summed E-state index contributed by atoms with van der Waals surface area (Å²) in [4.78, 5) is 87.9. The molecule has 2 aromatic carbocycles. The summed E-state index contributed by atoms with van der Waals surface area (Å²) in [5.41, 5.74) is 6.84.